The second kappa shape index (κ2) is 8.12. The Morgan fingerprint density at radius 3 is 2.11 bits per heavy atom. The van der Waals surface area contributed by atoms with Crippen molar-refractivity contribution in [3.05, 3.63) is 58.6 Å². The van der Waals surface area contributed by atoms with Gasteiger partial charge in [0, 0.05) is 28.8 Å². The van der Waals surface area contributed by atoms with Crippen LogP contribution in [-0.2, 0) is 10.0 Å². The van der Waals surface area contributed by atoms with Gasteiger partial charge in [0.05, 0.1) is 4.90 Å². The van der Waals surface area contributed by atoms with Gasteiger partial charge in [0.2, 0.25) is 10.0 Å². The molecule has 1 amide bonds. The summed E-state index contributed by atoms with van der Waals surface area (Å²) in [7, 11) is -3.54. The van der Waals surface area contributed by atoms with E-state index in [2.05, 4.69) is 35.1 Å². The van der Waals surface area contributed by atoms with Crippen LogP contribution in [0.2, 0.25) is 0 Å². The Hall–Kier alpha value is -1.70. The first-order chi connectivity index (χ1) is 12.8. The van der Waals surface area contributed by atoms with Gasteiger partial charge in [-0.25, -0.2) is 8.42 Å². The molecule has 0 saturated carbocycles. The van der Waals surface area contributed by atoms with Crippen LogP contribution in [0, 0.1) is 11.8 Å². The van der Waals surface area contributed by atoms with E-state index in [1.54, 1.807) is 28.6 Å². The van der Waals surface area contributed by atoms with Crippen molar-refractivity contribution in [3.63, 3.8) is 0 Å². The molecule has 1 saturated heterocycles. The van der Waals surface area contributed by atoms with E-state index in [4.69, 9.17) is 0 Å². The fourth-order valence-electron chi connectivity index (χ4n) is 3.47. The molecule has 2 aromatic carbocycles. The second-order valence-electron chi connectivity index (χ2n) is 7.25. The lowest BCUT2D eigenvalue weighted by atomic mass is 9.94. The first kappa shape index (κ1) is 20.0. The molecule has 1 aliphatic heterocycles. The molecule has 0 aliphatic carbocycles. The number of amides is 1. The van der Waals surface area contributed by atoms with E-state index in [-0.39, 0.29) is 10.8 Å². The Bertz CT molecular complexity index is 901. The zero-order valence-electron chi connectivity index (χ0n) is 15.4. The predicted octanol–water partition coefficient (Wildman–Crippen LogP) is 4.37. The van der Waals surface area contributed by atoms with Crippen molar-refractivity contribution in [2.75, 3.05) is 18.4 Å². The minimum absolute atomic E-state index is 0.226. The monoisotopic (exact) mass is 450 g/mol. The summed E-state index contributed by atoms with van der Waals surface area (Å²) in [5.41, 5.74) is 1.09. The standard InChI is InChI=1S/C20H23BrN2O3S/c1-14-11-15(2)13-23(12-14)27(25,26)19-9-3-16(4-10-19)20(24)22-18-7-5-17(21)6-8-18/h3-10,14-15H,11-13H2,1-2H3,(H,22,24)/t14-,15-/m1/s1. The number of hydrogen-bond donors (Lipinski definition) is 1. The lowest BCUT2D eigenvalue weighted by Gasteiger charge is -2.34. The molecule has 144 valence electrons. The van der Waals surface area contributed by atoms with E-state index < -0.39 is 10.0 Å². The quantitative estimate of drug-likeness (QED) is 0.751. The van der Waals surface area contributed by atoms with Gasteiger partial charge >= 0.3 is 0 Å². The van der Waals surface area contributed by atoms with Crippen molar-refractivity contribution >= 4 is 37.5 Å². The zero-order valence-corrected chi connectivity index (χ0v) is 17.8. The Labute approximate surface area is 169 Å². The number of sulfonamides is 1. The van der Waals surface area contributed by atoms with Crippen LogP contribution >= 0.6 is 15.9 Å². The van der Waals surface area contributed by atoms with Gasteiger partial charge in [-0.1, -0.05) is 29.8 Å². The maximum atomic E-state index is 12.9. The summed E-state index contributed by atoms with van der Waals surface area (Å²) in [6.45, 7) is 5.23. The molecular weight excluding hydrogens is 428 g/mol. The number of nitrogens with one attached hydrogen (secondary N) is 1. The van der Waals surface area contributed by atoms with E-state index in [1.165, 1.54) is 12.1 Å². The summed E-state index contributed by atoms with van der Waals surface area (Å²) in [5.74, 6) is 0.417. The highest BCUT2D eigenvalue weighted by Gasteiger charge is 2.31. The average molecular weight is 451 g/mol. The lowest BCUT2D eigenvalue weighted by molar-refractivity contribution is 0.102. The Balaban J connectivity index is 1.74. The van der Waals surface area contributed by atoms with Crippen LogP contribution in [0.25, 0.3) is 0 Å². The van der Waals surface area contributed by atoms with Crippen LogP contribution in [0.3, 0.4) is 0 Å². The highest BCUT2D eigenvalue weighted by Crippen LogP contribution is 2.27. The number of benzene rings is 2. The summed E-state index contributed by atoms with van der Waals surface area (Å²) < 4.78 is 28.3. The van der Waals surface area contributed by atoms with Crippen molar-refractivity contribution in [2.45, 2.75) is 25.2 Å². The van der Waals surface area contributed by atoms with Gasteiger partial charge in [-0.2, -0.15) is 4.31 Å². The summed E-state index contributed by atoms with van der Waals surface area (Å²) in [6, 6.07) is 13.4. The van der Waals surface area contributed by atoms with Crippen molar-refractivity contribution in [2.24, 2.45) is 11.8 Å². The maximum Gasteiger partial charge on any atom is 0.255 e. The Morgan fingerprint density at radius 1 is 1.00 bits per heavy atom. The molecule has 1 N–H and O–H groups in total. The molecule has 0 unspecified atom stereocenters. The van der Waals surface area contributed by atoms with Crippen LogP contribution in [0.15, 0.2) is 57.9 Å². The summed E-state index contributed by atoms with van der Waals surface area (Å²) >= 11 is 3.35. The molecule has 2 aromatic rings. The summed E-state index contributed by atoms with van der Waals surface area (Å²) in [5, 5.41) is 2.80. The van der Waals surface area contributed by atoms with Gasteiger partial charge in [0.1, 0.15) is 0 Å². The van der Waals surface area contributed by atoms with Gasteiger partial charge in [0.15, 0.2) is 0 Å². The van der Waals surface area contributed by atoms with Crippen molar-refractivity contribution in [3.8, 4) is 0 Å². The highest BCUT2D eigenvalue weighted by molar-refractivity contribution is 9.10. The highest BCUT2D eigenvalue weighted by atomic mass is 79.9. The maximum absolute atomic E-state index is 12.9. The number of carbonyl (C=O) groups excluding carboxylic acids is 1. The number of carbonyl (C=O) groups is 1. The van der Waals surface area contributed by atoms with Crippen molar-refractivity contribution < 1.29 is 13.2 Å². The van der Waals surface area contributed by atoms with E-state index in [0.717, 1.165) is 10.9 Å². The van der Waals surface area contributed by atoms with Crippen LogP contribution in [0.5, 0.6) is 0 Å². The molecule has 0 radical (unpaired) electrons. The Kier molecular flexibility index (Phi) is 6.03. The molecule has 1 aliphatic rings. The van der Waals surface area contributed by atoms with Crippen LogP contribution in [0.4, 0.5) is 5.69 Å². The van der Waals surface area contributed by atoms with Crippen LogP contribution < -0.4 is 5.32 Å². The van der Waals surface area contributed by atoms with Gasteiger partial charge in [0.25, 0.3) is 5.91 Å². The molecule has 0 spiro atoms. The SMILES string of the molecule is C[C@@H]1C[C@@H](C)CN(S(=O)(=O)c2ccc(C(=O)Nc3ccc(Br)cc3)cc2)C1. The van der Waals surface area contributed by atoms with Gasteiger partial charge < -0.3 is 5.32 Å². The third-order valence-corrected chi connectivity index (χ3v) is 7.07. The van der Waals surface area contributed by atoms with E-state index in [1.807, 2.05) is 12.1 Å². The van der Waals surface area contributed by atoms with Crippen LogP contribution in [-0.4, -0.2) is 31.7 Å². The lowest BCUT2D eigenvalue weighted by Crippen LogP contribution is -2.42. The fourth-order valence-corrected chi connectivity index (χ4v) is 5.41. The van der Waals surface area contributed by atoms with Crippen molar-refractivity contribution in [1.82, 2.24) is 4.31 Å². The third-order valence-electron chi connectivity index (χ3n) is 4.69. The number of rotatable bonds is 4. The molecule has 1 fully saturated rings. The molecular formula is C20H23BrN2O3S. The van der Waals surface area contributed by atoms with Crippen LogP contribution in [0.1, 0.15) is 30.6 Å². The van der Waals surface area contributed by atoms with Gasteiger partial charge in [-0.15, -0.1) is 0 Å². The molecule has 0 bridgehead atoms. The topological polar surface area (TPSA) is 66.5 Å². The van der Waals surface area contributed by atoms with Crippen molar-refractivity contribution in [1.29, 1.82) is 0 Å². The third kappa shape index (κ3) is 4.78. The molecule has 0 aromatic heterocycles. The van der Waals surface area contributed by atoms with Gasteiger partial charge in [-0.3, -0.25) is 4.79 Å². The number of nitrogens with zero attached hydrogens (tertiary/aromatic N) is 1. The number of halogens is 1. The smallest absolute Gasteiger partial charge is 0.255 e. The van der Waals surface area contributed by atoms with E-state index in [9.17, 15) is 13.2 Å². The molecule has 3 rings (SSSR count). The van der Waals surface area contributed by atoms with E-state index in [0.29, 0.717) is 36.2 Å². The number of hydrogen-bond acceptors (Lipinski definition) is 3. The average Bonchev–Trinajstić information content (AvgIpc) is 2.63. The minimum Gasteiger partial charge on any atom is -0.322 e. The van der Waals surface area contributed by atoms with E-state index >= 15 is 0 Å². The molecule has 2 atom stereocenters. The summed E-state index contributed by atoms with van der Waals surface area (Å²) in [4.78, 5) is 12.6. The molecule has 1 heterocycles. The predicted molar refractivity (Wildman–Crippen MR) is 110 cm³/mol. The summed E-state index contributed by atoms with van der Waals surface area (Å²) in [6.07, 6.45) is 1.04. The largest absolute Gasteiger partial charge is 0.322 e. The first-order valence-electron chi connectivity index (χ1n) is 8.93. The first-order valence-corrected chi connectivity index (χ1v) is 11.2. The number of anilines is 1. The molecule has 27 heavy (non-hydrogen) atoms. The second-order valence-corrected chi connectivity index (χ2v) is 10.1. The number of piperidine rings is 1. The Morgan fingerprint density at radius 2 is 1.56 bits per heavy atom. The van der Waals surface area contributed by atoms with Gasteiger partial charge in [-0.05, 0) is 66.8 Å². The molecule has 7 heteroatoms. The minimum atomic E-state index is -3.54. The zero-order chi connectivity index (χ0) is 19.6. The molecule has 5 nitrogen and oxygen atoms in total. The fraction of sp³-hybridized carbons (Fsp3) is 0.350. The normalized spacial score (nSPS) is 21.0.